The molecular formula is C15H19ClN2O3S. The standard InChI is InChI=1S/C15H19ClN2O3S/c1-22(20,21)17-13-6-4-10-18(11-13)15(19)9-8-12-5-2-3-7-14(12)16/h2-3,5,7-9,13,17H,4,6,10-11H2,1H3. The van der Waals surface area contributed by atoms with Crippen LogP contribution in [-0.2, 0) is 14.8 Å². The predicted octanol–water partition coefficient (Wildman–Crippen LogP) is 1.89. The van der Waals surface area contributed by atoms with Gasteiger partial charge in [-0.05, 0) is 30.5 Å². The van der Waals surface area contributed by atoms with Crippen molar-refractivity contribution in [3.8, 4) is 0 Å². The molecule has 1 amide bonds. The van der Waals surface area contributed by atoms with Gasteiger partial charge in [0.15, 0.2) is 0 Å². The lowest BCUT2D eigenvalue weighted by Crippen LogP contribution is -2.48. The highest BCUT2D eigenvalue weighted by molar-refractivity contribution is 7.88. The molecule has 7 heteroatoms. The van der Waals surface area contributed by atoms with Crippen molar-refractivity contribution in [2.45, 2.75) is 18.9 Å². The monoisotopic (exact) mass is 342 g/mol. The smallest absolute Gasteiger partial charge is 0.246 e. The third kappa shape index (κ3) is 5.12. The maximum atomic E-state index is 12.2. The molecule has 0 radical (unpaired) electrons. The summed E-state index contributed by atoms with van der Waals surface area (Å²) in [7, 11) is -3.26. The molecule has 5 nitrogen and oxygen atoms in total. The van der Waals surface area contributed by atoms with E-state index in [0.717, 1.165) is 24.7 Å². The average Bonchev–Trinajstić information content (AvgIpc) is 2.44. The van der Waals surface area contributed by atoms with Crippen LogP contribution >= 0.6 is 11.6 Å². The van der Waals surface area contributed by atoms with E-state index in [1.807, 2.05) is 18.2 Å². The van der Waals surface area contributed by atoms with Gasteiger partial charge in [0.05, 0.1) is 6.26 Å². The van der Waals surface area contributed by atoms with Crippen LogP contribution in [0.5, 0.6) is 0 Å². The summed E-state index contributed by atoms with van der Waals surface area (Å²) < 4.78 is 25.1. The number of hydrogen-bond donors (Lipinski definition) is 1. The van der Waals surface area contributed by atoms with E-state index < -0.39 is 10.0 Å². The van der Waals surface area contributed by atoms with Crippen LogP contribution in [0.15, 0.2) is 30.3 Å². The zero-order valence-electron chi connectivity index (χ0n) is 12.3. The van der Waals surface area contributed by atoms with Gasteiger partial charge in [-0.25, -0.2) is 13.1 Å². The molecule has 1 fully saturated rings. The van der Waals surface area contributed by atoms with Gasteiger partial charge in [-0.2, -0.15) is 0 Å². The van der Waals surface area contributed by atoms with Gasteiger partial charge >= 0.3 is 0 Å². The molecule has 1 heterocycles. The van der Waals surface area contributed by atoms with Crippen molar-refractivity contribution in [2.24, 2.45) is 0 Å². The second kappa shape index (κ2) is 7.26. The van der Waals surface area contributed by atoms with E-state index in [1.165, 1.54) is 6.08 Å². The second-order valence-corrected chi connectivity index (χ2v) is 7.56. The van der Waals surface area contributed by atoms with Gasteiger partial charge in [-0.3, -0.25) is 4.79 Å². The van der Waals surface area contributed by atoms with Gasteiger partial charge in [0.25, 0.3) is 0 Å². The molecule has 2 rings (SSSR count). The molecule has 0 spiro atoms. The van der Waals surface area contributed by atoms with Crippen molar-refractivity contribution in [1.82, 2.24) is 9.62 Å². The predicted molar refractivity (Wildman–Crippen MR) is 88.1 cm³/mol. The summed E-state index contributed by atoms with van der Waals surface area (Å²) in [5.74, 6) is -0.139. The summed E-state index contributed by atoms with van der Waals surface area (Å²) in [6.45, 7) is 1.02. The number of benzene rings is 1. The number of amides is 1. The van der Waals surface area contributed by atoms with Crippen LogP contribution in [0.3, 0.4) is 0 Å². The van der Waals surface area contributed by atoms with Gasteiger partial charge in [-0.1, -0.05) is 29.8 Å². The molecule has 0 saturated carbocycles. The van der Waals surface area contributed by atoms with E-state index >= 15 is 0 Å². The largest absolute Gasteiger partial charge is 0.338 e. The quantitative estimate of drug-likeness (QED) is 0.850. The van der Waals surface area contributed by atoms with Crippen LogP contribution in [0.25, 0.3) is 6.08 Å². The van der Waals surface area contributed by atoms with Gasteiger partial charge in [0.1, 0.15) is 0 Å². The minimum atomic E-state index is -3.26. The molecule has 1 saturated heterocycles. The van der Waals surface area contributed by atoms with Crippen LogP contribution in [0.1, 0.15) is 18.4 Å². The number of rotatable bonds is 4. The molecule has 120 valence electrons. The van der Waals surface area contributed by atoms with Crippen molar-refractivity contribution >= 4 is 33.6 Å². The number of halogens is 1. The Kier molecular flexibility index (Phi) is 5.61. The molecule has 1 aromatic rings. The van der Waals surface area contributed by atoms with Gasteiger partial charge < -0.3 is 4.90 Å². The van der Waals surface area contributed by atoms with Crippen LogP contribution in [0.2, 0.25) is 5.02 Å². The Morgan fingerprint density at radius 3 is 2.82 bits per heavy atom. The van der Waals surface area contributed by atoms with Gasteiger partial charge in [0.2, 0.25) is 15.9 Å². The van der Waals surface area contributed by atoms with E-state index in [4.69, 9.17) is 11.6 Å². The molecule has 1 unspecified atom stereocenters. The molecule has 1 aromatic carbocycles. The fourth-order valence-electron chi connectivity index (χ4n) is 2.45. The molecule has 1 atom stereocenters. The number of likely N-dealkylation sites (tertiary alicyclic amines) is 1. The third-order valence-corrected chi connectivity index (χ3v) is 4.53. The van der Waals surface area contributed by atoms with Crippen LogP contribution < -0.4 is 4.72 Å². The normalized spacial score (nSPS) is 19.5. The van der Waals surface area contributed by atoms with Crippen LogP contribution in [0.4, 0.5) is 0 Å². The summed E-state index contributed by atoms with van der Waals surface area (Å²) in [6, 6.07) is 7.05. The van der Waals surface area contributed by atoms with Crippen LogP contribution in [-0.4, -0.2) is 44.6 Å². The maximum absolute atomic E-state index is 12.2. The SMILES string of the molecule is CS(=O)(=O)NC1CCCN(C(=O)C=Cc2ccccc2Cl)C1. The lowest BCUT2D eigenvalue weighted by molar-refractivity contribution is -0.127. The zero-order chi connectivity index (χ0) is 16.2. The lowest BCUT2D eigenvalue weighted by atomic mass is 10.1. The maximum Gasteiger partial charge on any atom is 0.246 e. The second-order valence-electron chi connectivity index (χ2n) is 5.37. The molecule has 1 aliphatic rings. The van der Waals surface area contributed by atoms with Gasteiger partial charge in [-0.15, -0.1) is 0 Å². The van der Waals surface area contributed by atoms with Crippen LogP contribution in [0, 0.1) is 0 Å². The summed E-state index contributed by atoms with van der Waals surface area (Å²) in [6.07, 6.45) is 5.80. The first-order valence-electron chi connectivity index (χ1n) is 7.04. The fourth-order valence-corrected chi connectivity index (χ4v) is 3.45. The number of carbonyl (C=O) groups is 1. The summed E-state index contributed by atoms with van der Waals surface area (Å²) in [5, 5.41) is 0.585. The highest BCUT2D eigenvalue weighted by Gasteiger charge is 2.24. The fraction of sp³-hybridized carbons (Fsp3) is 0.400. The summed E-state index contributed by atoms with van der Waals surface area (Å²) >= 11 is 6.04. The van der Waals surface area contributed by atoms with E-state index in [2.05, 4.69) is 4.72 Å². The van der Waals surface area contributed by atoms with Crippen molar-refractivity contribution in [3.05, 3.63) is 40.9 Å². The molecule has 22 heavy (non-hydrogen) atoms. The zero-order valence-corrected chi connectivity index (χ0v) is 13.9. The van der Waals surface area contributed by atoms with Crippen molar-refractivity contribution in [2.75, 3.05) is 19.3 Å². The Hall–Kier alpha value is -1.37. The van der Waals surface area contributed by atoms with E-state index in [9.17, 15) is 13.2 Å². The number of nitrogens with one attached hydrogen (secondary N) is 1. The summed E-state index contributed by atoms with van der Waals surface area (Å²) in [5.41, 5.74) is 0.778. The van der Waals surface area contributed by atoms with E-state index in [-0.39, 0.29) is 11.9 Å². The topological polar surface area (TPSA) is 66.5 Å². The first-order valence-corrected chi connectivity index (χ1v) is 9.31. The van der Waals surface area contributed by atoms with Gasteiger partial charge in [0, 0.05) is 30.2 Å². The molecule has 0 aliphatic carbocycles. The number of sulfonamides is 1. The number of piperidine rings is 1. The van der Waals surface area contributed by atoms with E-state index in [1.54, 1.807) is 17.0 Å². The third-order valence-electron chi connectivity index (χ3n) is 3.42. The number of hydrogen-bond acceptors (Lipinski definition) is 3. The molecular weight excluding hydrogens is 324 g/mol. The Balaban J connectivity index is 1.99. The first-order chi connectivity index (χ1) is 10.3. The Morgan fingerprint density at radius 1 is 1.41 bits per heavy atom. The van der Waals surface area contributed by atoms with Crippen molar-refractivity contribution in [1.29, 1.82) is 0 Å². The Bertz CT molecular complexity index is 673. The lowest BCUT2D eigenvalue weighted by Gasteiger charge is -2.32. The minimum absolute atomic E-state index is 0.139. The molecule has 0 aromatic heterocycles. The molecule has 0 bridgehead atoms. The highest BCUT2D eigenvalue weighted by atomic mass is 35.5. The average molecular weight is 343 g/mol. The first kappa shape index (κ1) is 17.0. The van der Waals surface area contributed by atoms with E-state index in [0.29, 0.717) is 18.1 Å². The summed E-state index contributed by atoms with van der Waals surface area (Å²) in [4.78, 5) is 13.9. The molecule has 1 aliphatic heterocycles. The highest BCUT2D eigenvalue weighted by Crippen LogP contribution is 2.17. The minimum Gasteiger partial charge on any atom is -0.338 e. The van der Waals surface area contributed by atoms with Crippen molar-refractivity contribution < 1.29 is 13.2 Å². The van der Waals surface area contributed by atoms with Crippen molar-refractivity contribution in [3.63, 3.8) is 0 Å². The Labute approximate surface area is 136 Å². The Morgan fingerprint density at radius 2 is 2.14 bits per heavy atom. The number of nitrogens with zero attached hydrogens (tertiary/aromatic N) is 1. The molecule has 1 N–H and O–H groups in total. The number of carbonyl (C=O) groups excluding carboxylic acids is 1.